The molecule has 138 valence electrons. The van der Waals surface area contributed by atoms with Gasteiger partial charge in [0.1, 0.15) is 5.92 Å². The lowest BCUT2D eigenvalue weighted by molar-refractivity contribution is -0.143. The van der Waals surface area contributed by atoms with Gasteiger partial charge in [-0.3, -0.25) is 4.79 Å². The van der Waals surface area contributed by atoms with Gasteiger partial charge in [-0.1, -0.05) is 18.2 Å². The van der Waals surface area contributed by atoms with Gasteiger partial charge < -0.3 is 10.1 Å². The smallest absolute Gasteiger partial charge is 0.331 e. The molecule has 1 atom stereocenters. The number of para-hydroxylation sites is 1. The summed E-state index contributed by atoms with van der Waals surface area (Å²) in [4.78, 5) is 23.7. The summed E-state index contributed by atoms with van der Waals surface area (Å²) in [6.45, 7) is 4.56. The highest BCUT2D eigenvalue weighted by Gasteiger charge is 2.21. The normalized spacial score (nSPS) is 11.8. The molecule has 1 heterocycles. The van der Waals surface area contributed by atoms with Gasteiger partial charge in [0.05, 0.1) is 17.5 Å². The van der Waals surface area contributed by atoms with Crippen LogP contribution in [0.25, 0.3) is 11.8 Å². The van der Waals surface area contributed by atoms with Gasteiger partial charge in [0.25, 0.3) is 0 Å². The van der Waals surface area contributed by atoms with Gasteiger partial charge >= 0.3 is 5.97 Å². The zero-order valence-corrected chi connectivity index (χ0v) is 15.4. The molecule has 2 rings (SSSR count). The van der Waals surface area contributed by atoms with Gasteiger partial charge in [0.2, 0.25) is 0 Å². The van der Waals surface area contributed by atoms with Gasteiger partial charge in [0, 0.05) is 23.0 Å². The van der Waals surface area contributed by atoms with Crippen LogP contribution in [0.5, 0.6) is 0 Å². The van der Waals surface area contributed by atoms with E-state index in [0.29, 0.717) is 0 Å². The number of nitrogens with one attached hydrogen (secondary N) is 1. The molecule has 0 fully saturated rings. The molecule has 1 N–H and O–H groups in total. The van der Waals surface area contributed by atoms with Crippen LogP contribution >= 0.6 is 0 Å². The Kier molecular flexibility index (Phi) is 6.39. The SMILES string of the molecule is CC(=N)[C@H](C#N)C(=O)COC(=O)/C=C/c1c(C)nn(-c2ccccc2)c1C. The number of hydrogen-bond donors (Lipinski definition) is 1. The Morgan fingerprint density at radius 1 is 1.33 bits per heavy atom. The van der Waals surface area contributed by atoms with E-state index in [9.17, 15) is 9.59 Å². The van der Waals surface area contributed by atoms with Crippen molar-refractivity contribution in [1.29, 1.82) is 10.7 Å². The summed E-state index contributed by atoms with van der Waals surface area (Å²) < 4.78 is 6.67. The lowest BCUT2D eigenvalue weighted by Gasteiger charge is -2.06. The minimum Gasteiger partial charge on any atom is -0.454 e. The first-order valence-electron chi connectivity index (χ1n) is 8.29. The van der Waals surface area contributed by atoms with Crippen molar-refractivity contribution >= 4 is 23.5 Å². The van der Waals surface area contributed by atoms with Crippen LogP contribution in [0.4, 0.5) is 0 Å². The highest BCUT2D eigenvalue weighted by Crippen LogP contribution is 2.19. The molecule has 0 amide bonds. The molecule has 2 aromatic rings. The molecule has 0 saturated carbocycles. The Hall–Kier alpha value is -3.53. The van der Waals surface area contributed by atoms with E-state index in [1.807, 2.05) is 44.2 Å². The second-order valence-corrected chi connectivity index (χ2v) is 5.98. The molecule has 0 aliphatic rings. The first kappa shape index (κ1) is 19.8. The van der Waals surface area contributed by atoms with E-state index >= 15 is 0 Å². The van der Waals surface area contributed by atoms with Crippen molar-refractivity contribution in [1.82, 2.24) is 9.78 Å². The Balaban J connectivity index is 2.07. The standard InChI is InChI=1S/C20H20N4O3/c1-13(22)18(11-21)19(25)12-27-20(26)10-9-17-14(2)23-24(15(17)3)16-7-5-4-6-8-16/h4-10,18,22H,12H2,1-3H3/b10-9+,22-13?/t18-/m0/s1. The Bertz CT molecular complexity index is 936. The summed E-state index contributed by atoms with van der Waals surface area (Å²) in [5.74, 6) is -2.50. The van der Waals surface area contributed by atoms with Crippen LogP contribution in [0.15, 0.2) is 36.4 Å². The van der Waals surface area contributed by atoms with Crippen LogP contribution in [0.2, 0.25) is 0 Å². The summed E-state index contributed by atoms with van der Waals surface area (Å²) >= 11 is 0. The number of rotatable bonds is 7. The molecule has 0 radical (unpaired) electrons. The second kappa shape index (κ2) is 8.72. The molecule has 1 aromatic carbocycles. The predicted molar refractivity (Wildman–Crippen MR) is 101 cm³/mol. The molecule has 0 spiro atoms. The first-order valence-corrected chi connectivity index (χ1v) is 8.29. The van der Waals surface area contributed by atoms with E-state index in [1.165, 1.54) is 13.0 Å². The number of ketones is 1. The molecule has 7 nitrogen and oxygen atoms in total. The van der Waals surface area contributed by atoms with E-state index < -0.39 is 24.3 Å². The average Bonchev–Trinajstić information content (AvgIpc) is 2.93. The zero-order chi connectivity index (χ0) is 20.0. The molecule has 7 heteroatoms. The number of carbonyl (C=O) groups is 2. The van der Waals surface area contributed by atoms with Crippen molar-refractivity contribution in [3.63, 3.8) is 0 Å². The summed E-state index contributed by atoms with van der Waals surface area (Å²) in [6, 6.07) is 11.3. The number of nitrogens with zero attached hydrogens (tertiary/aromatic N) is 3. The van der Waals surface area contributed by atoms with Crippen molar-refractivity contribution < 1.29 is 14.3 Å². The number of carbonyl (C=O) groups excluding carboxylic acids is 2. The van der Waals surface area contributed by atoms with Crippen LogP contribution in [-0.2, 0) is 14.3 Å². The number of Topliss-reactive ketones (excluding diaryl/α,β-unsaturated/α-hetero) is 1. The van der Waals surface area contributed by atoms with Gasteiger partial charge in [-0.2, -0.15) is 10.4 Å². The number of ether oxygens (including phenoxy) is 1. The molecule has 0 bridgehead atoms. The third kappa shape index (κ3) is 4.76. The van der Waals surface area contributed by atoms with Crippen LogP contribution in [0.3, 0.4) is 0 Å². The lowest BCUT2D eigenvalue weighted by atomic mass is 10.0. The number of aryl methyl sites for hydroxylation is 1. The minimum atomic E-state index is -1.18. The van der Waals surface area contributed by atoms with Crippen molar-refractivity contribution in [2.24, 2.45) is 5.92 Å². The maximum absolute atomic E-state index is 11.9. The monoisotopic (exact) mass is 364 g/mol. The summed E-state index contributed by atoms with van der Waals surface area (Å²) in [7, 11) is 0. The molecule has 0 aliphatic carbocycles. The lowest BCUT2D eigenvalue weighted by Crippen LogP contribution is -2.25. The fraction of sp³-hybridized carbons (Fsp3) is 0.250. The highest BCUT2D eigenvalue weighted by molar-refractivity contribution is 6.06. The van der Waals surface area contributed by atoms with Crippen molar-refractivity contribution in [3.05, 3.63) is 53.4 Å². The summed E-state index contributed by atoms with van der Waals surface area (Å²) in [5, 5.41) is 20.7. The Morgan fingerprint density at radius 2 is 2.00 bits per heavy atom. The van der Waals surface area contributed by atoms with E-state index in [4.69, 9.17) is 15.4 Å². The quantitative estimate of drug-likeness (QED) is 0.461. The fourth-order valence-electron chi connectivity index (χ4n) is 2.55. The Morgan fingerprint density at radius 3 is 2.59 bits per heavy atom. The zero-order valence-electron chi connectivity index (χ0n) is 15.4. The predicted octanol–water partition coefficient (Wildman–Crippen LogP) is 2.79. The maximum atomic E-state index is 11.9. The Labute approximate surface area is 157 Å². The van der Waals surface area contributed by atoms with Crippen LogP contribution < -0.4 is 0 Å². The van der Waals surface area contributed by atoms with Crippen molar-refractivity contribution in [3.8, 4) is 11.8 Å². The van der Waals surface area contributed by atoms with E-state index in [1.54, 1.807) is 16.8 Å². The largest absolute Gasteiger partial charge is 0.454 e. The topological polar surface area (TPSA) is 109 Å². The number of benzene rings is 1. The number of aromatic nitrogens is 2. The van der Waals surface area contributed by atoms with Gasteiger partial charge in [-0.15, -0.1) is 0 Å². The van der Waals surface area contributed by atoms with E-state index in [0.717, 1.165) is 22.6 Å². The number of nitriles is 1. The van der Waals surface area contributed by atoms with E-state index in [-0.39, 0.29) is 5.71 Å². The highest BCUT2D eigenvalue weighted by atomic mass is 16.5. The molecule has 0 aliphatic heterocycles. The molecule has 1 aromatic heterocycles. The van der Waals surface area contributed by atoms with Gasteiger partial charge in [-0.25, -0.2) is 9.48 Å². The number of hydrogen-bond acceptors (Lipinski definition) is 6. The van der Waals surface area contributed by atoms with Gasteiger partial charge in [0.15, 0.2) is 12.4 Å². The fourth-order valence-corrected chi connectivity index (χ4v) is 2.55. The van der Waals surface area contributed by atoms with Crippen LogP contribution in [0, 0.1) is 36.5 Å². The number of esters is 1. The van der Waals surface area contributed by atoms with Crippen LogP contribution in [-0.4, -0.2) is 33.9 Å². The van der Waals surface area contributed by atoms with E-state index in [2.05, 4.69) is 5.10 Å². The van der Waals surface area contributed by atoms with Crippen molar-refractivity contribution in [2.75, 3.05) is 6.61 Å². The third-order valence-corrected chi connectivity index (χ3v) is 3.97. The summed E-state index contributed by atoms with van der Waals surface area (Å²) in [5.41, 5.74) is 3.24. The second-order valence-electron chi connectivity index (χ2n) is 5.98. The molecular weight excluding hydrogens is 344 g/mol. The molecule has 0 saturated heterocycles. The maximum Gasteiger partial charge on any atom is 0.331 e. The van der Waals surface area contributed by atoms with Gasteiger partial charge in [-0.05, 0) is 39.0 Å². The van der Waals surface area contributed by atoms with Crippen molar-refractivity contribution in [2.45, 2.75) is 20.8 Å². The molecule has 27 heavy (non-hydrogen) atoms. The minimum absolute atomic E-state index is 0.0753. The first-order chi connectivity index (χ1) is 12.8. The molecule has 0 unspecified atom stereocenters. The third-order valence-electron chi connectivity index (χ3n) is 3.97. The average molecular weight is 364 g/mol. The summed E-state index contributed by atoms with van der Waals surface area (Å²) in [6.07, 6.45) is 2.81. The molecular formula is C20H20N4O3. The van der Waals surface area contributed by atoms with Crippen LogP contribution in [0.1, 0.15) is 23.9 Å².